The number of nitrogens with zero attached hydrogens (tertiary/aromatic N) is 1. The summed E-state index contributed by atoms with van der Waals surface area (Å²) in [5.41, 5.74) is 4.24. The van der Waals surface area contributed by atoms with Gasteiger partial charge in [-0.25, -0.2) is 0 Å². The van der Waals surface area contributed by atoms with Crippen molar-refractivity contribution in [2.75, 3.05) is 26.8 Å². The highest BCUT2D eigenvalue weighted by Gasteiger charge is 2.24. The van der Waals surface area contributed by atoms with E-state index in [4.69, 9.17) is 4.74 Å². The van der Waals surface area contributed by atoms with Crippen molar-refractivity contribution >= 4 is 10.9 Å². The lowest BCUT2D eigenvalue weighted by atomic mass is 9.81. The van der Waals surface area contributed by atoms with E-state index in [1.54, 1.807) is 7.11 Å². The van der Waals surface area contributed by atoms with Gasteiger partial charge in [-0.05, 0) is 42.5 Å². The van der Waals surface area contributed by atoms with Crippen LogP contribution in [0.25, 0.3) is 10.9 Å². The van der Waals surface area contributed by atoms with Crippen molar-refractivity contribution in [1.29, 1.82) is 0 Å². The number of hydrogen-bond acceptors (Lipinski definition) is 2. The Morgan fingerprint density at radius 3 is 2.71 bits per heavy atom. The maximum absolute atomic E-state index is 5.06. The monoisotopic (exact) mass is 288 g/mol. The molecule has 0 spiro atoms. The zero-order valence-corrected chi connectivity index (χ0v) is 14.0. The summed E-state index contributed by atoms with van der Waals surface area (Å²) in [6.07, 6.45) is 3.41. The minimum absolute atomic E-state index is 0.162. The standard InChI is InChI=1S/C18H28N2O/c1-14-6-7-15-16(13-20(4)17(15)12-14)18(2,3)8-9-19-10-11-21-5/h6-7,12-13,19H,8-11H2,1-5H3. The Bertz CT molecular complexity index is 599. The lowest BCUT2D eigenvalue weighted by Crippen LogP contribution is -2.27. The van der Waals surface area contributed by atoms with Crippen LogP contribution in [0.4, 0.5) is 0 Å². The van der Waals surface area contributed by atoms with Crippen LogP contribution in [0.3, 0.4) is 0 Å². The van der Waals surface area contributed by atoms with Crippen molar-refractivity contribution < 1.29 is 4.74 Å². The van der Waals surface area contributed by atoms with Crippen LogP contribution in [0.2, 0.25) is 0 Å². The van der Waals surface area contributed by atoms with Gasteiger partial charge < -0.3 is 14.6 Å². The molecule has 0 saturated carbocycles. The van der Waals surface area contributed by atoms with Crippen molar-refractivity contribution in [2.24, 2.45) is 7.05 Å². The summed E-state index contributed by atoms with van der Waals surface area (Å²) < 4.78 is 7.31. The molecule has 116 valence electrons. The van der Waals surface area contributed by atoms with Crippen LogP contribution >= 0.6 is 0 Å². The van der Waals surface area contributed by atoms with E-state index in [2.05, 4.69) is 62.1 Å². The number of aryl methyl sites for hydroxylation is 2. The molecular weight excluding hydrogens is 260 g/mol. The Morgan fingerprint density at radius 2 is 2.00 bits per heavy atom. The number of benzene rings is 1. The van der Waals surface area contributed by atoms with Gasteiger partial charge in [-0.1, -0.05) is 26.0 Å². The maximum Gasteiger partial charge on any atom is 0.0587 e. The fourth-order valence-electron chi connectivity index (χ4n) is 2.87. The predicted octanol–water partition coefficient (Wildman–Crippen LogP) is 3.39. The molecule has 0 fully saturated rings. The third kappa shape index (κ3) is 3.66. The van der Waals surface area contributed by atoms with E-state index >= 15 is 0 Å². The van der Waals surface area contributed by atoms with E-state index in [-0.39, 0.29) is 5.41 Å². The molecular formula is C18H28N2O. The number of ether oxygens (including phenoxy) is 1. The van der Waals surface area contributed by atoms with Crippen molar-refractivity contribution in [1.82, 2.24) is 9.88 Å². The third-order valence-electron chi connectivity index (χ3n) is 4.29. The Morgan fingerprint density at radius 1 is 1.24 bits per heavy atom. The van der Waals surface area contributed by atoms with E-state index in [9.17, 15) is 0 Å². The van der Waals surface area contributed by atoms with Crippen molar-refractivity contribution in [3.05, 3.63) is 35.5 Å². The first-order valence-corrected chi connectivity index (χ1v) is 7.71. The van der Waals surface area contributed by atoms with Crippen LogP contribution in [0.15, 0.2) is 24.4 Å². The molecule has 2 rings (SSSR count). The molecule has 0 bridgehead atoms. The Balaban J connectivity index is 2.16. The van der Waals surface area contributed by atoms with Gasteiger partial charge in [0.2, 0.25) is 0 Å². The quantitative estimate of drug-likeness (QED) is 0.790. The van der Waals surface area contributed by atoms with Crippen LogP contribution in [0.5, 0.6) is 0 Å². The molecule has 1 heterocycles. The first-order chi connectivity index (χ1) is 9.95. The average molecular weight is 288 g/mol. The Hall–Kier alpha value is -1.32. The Kier molecular flexibility index (Phi) is 5.07. The van der Waals surface area contributed by atoms with Gasteiger partial charge in [-0.15, -0.1) is 0 Å². The molecule has 1 aromatic carbocycles. The highest BCUT2D eigenvalue weighted by molar-refractivity contribution is 5.85. The minimum atomic E-state index is 0.162. The largest absolute Gasteiger partial charge is 0.383 e. The van der Waals surface area contributed by atoms with E-state index in [0.29, 0.717) is 0 Å². The van der Waals surface area contributed by atoms with Crippen LogP contribution in [-0.4, -0.2) is 31.4 Å². The van der Waals surface area contributed by atoms with Crippen molar-refractivity contribution in [3.63, 3.8) is 0 Å². The van der Waals surface area contributed by atoms with Gasteiger partial charge in [0.1, 0.15) is 0 Å². The summed E-state index contributed by atoms with van der Waals surface area (Å²) in [6, 6.07) is 6.74. The SMILES string of the molecule is COCCNCCC(C)(C)c1cn(C)c2cc(C)ccc12. The minimum Gasteiger partial charge on any atom is -0.383 e. The molecule has 1 N–H and O–H groups in total. The molecule has 0 aliphatic carbocycles. The van der Waals surface area contributed by atoms with E-state index < -0.39 is 0 Å². The number of hydrogen-bond donors (Lipinski definition) is 1. The van der Waals surface area contributed by atoms with E-state index in [1.165, 1.54) is 22.0 Å². The van der Waals surface area contributed by atoms with Crippen molar-refractivity contribution in [3.8, 4) is 0 Å². The number of methoxy groups -OCH3 is 1. The second-order valence-corrected chi connectivity index (χ2v) is 6.55. The zero-order valence-electron chi connectivity index (χ0n) is 14.0. The van der Waals surface area contributed by atoms with Crippen LogP contribution in [-0.2, 0) is 17.2 Å². The van der Waals surface area contributed by atoms with Gasteiger partial charge >= 0.3 is 0 Å². The van der Waals surface area contributed by atoms with Gasteiger partial charge in [0.15, 0.2) is 0 Å². The fourth-order valence-corrected chi connectivity index (χ4v) is 2.87. The molecule has 0 radical (unpaired) electrons. The highest BCUT2D eigenvalue weighted by atomic mass is 16.5. The molecule has 3 heteroatoms. The van der Waals surface area contributed by atoms with Gasteiger partial charge in [0, 0.05) is 37.8 Å². The second kappa shape index (κ2) is 6.63. The number of nitrogens with one attached hydrogen (secondary N) is 1. The molecule has 1 aromatic heterocycles. The summed E-state index contributed by atoms with van der Waals surface area (Å²) in [7, 11) is 3.88. The van der Waals surface area contributed by atoms with Gasteiger partial charge in [0.05, 0.1) is 6.61 Å². The molecule has 21 heavy (non-hydrogen) atoms. The van der Waals surface area contributed by atoms with Crippen LogP contribution in [0, 0.1) is 6.92 Å². The first-order valence-electron chi connectivity index (χ1n) is 7.71. The summed E-state index contributed by atoms with van der Waals surface area (Å²) in [5.74, 6) is 0. The summed E-state index contributed by atoms with van der Waals surface area (Å²) in [5, 5.41) is 4.82. The molecule has 2 aromatic rings. The third-order valence-corrected chi connectivity index (χ3v) is 4.29. The normalized spacial score (nSPS) is 12.2. The number of rotatable bonds is 7. The average Bonchev–Trinajstić information content (AvgIpc) is 2.76. The summed E-state index contributed by atoms with van der Waals surface area (Å²) in [4.78, 5) is 0. The summed E-state index contributed by atoms with van der Waals surface area (Å²) >= 11 is 0. The van der Waals surface area contributed by atoms with Crippen LogP contribution in [0.1, 0.15) is 31.4 Å². The van der Waals surface area contributed by atoms with Gasteiger partial charge in [-0.2, -0.15) is 0 Å². The molecule has 0 aliphatic rings. The number of fused-ring (bicyclic) bond motifs is 1. The predicted molar refractivity (Wildman–Crippen MR) is 90.0 cm³/mol. The second-order valence-electron chi connectivity index (χ2n) is 6.55. The van der Waals surface area contributed by atoms with Gasteiger partial charge in [-0.3, -0.25) is 0 Å². The first kappa shape index (κ1) is 16.1. The van der Waals surface area contributed by atoms with E-state index in [1.807, 2.05) is 0 Å². The fraction of sp³-hybridized carbons (Fsp3) is 0.556. The van der Waals surface area contributed by atoms with Crippen molar-refractivity contribution in [2.45, 2.75) is 32.6 Å². The lowest BCUT2D eigenvalue weighted by Gasteiger charge is -2.24. The topological polar surface area (TPSA) is 26.2 Å². The number of aromatic nitrogens is 1. The smallest absolute Gasteiger partial charge is 0.0587 e. The zero-order chi connectivity index (χ0) is 15.5. The lowest BCUT2D eigenvalue weighted by molar-refractivity contribution is 0.198. The molecule has 0 saturated heterocycles. The van der Waals surface area contributed by atoms with E-state index in [0.717, 1.165) is 26.1 Å². The molecule has 0 unspecified atom stereocenters. The Labute approximate surface area is 128 Å². The van der Waals surface area contributed by atoms with Crippen LogP contribution < -0.4 is 5.32 Å². The molecule has 3 nitrogen and oxygen atoms in total. The molecule has 0 aliphatic heterocycles. The maximum atomic E-state index is 5.06. The molecule has 0 amide bonds. The highest BCUT2D eigenvalue weighted by Crippen LogP contribution is 2.34. The van der Waals surface area contributed by atoms with Gasteiger partial charge in [0.25, 0.3) is 0 Å². The summed E-state index contributed by atoms with van der Waals surface area (Å²) in [6.45, 7) is 9.52. The molecule has 0 atom stereocenters.